The molecule has 2 aromatic carbocycles. The van der Waals surface area contributed by atoms with E-state index >= 15 is 0 Å². The fourth-order valence-corrected chi connectivity index (χ4v) is 5.22. The molecular weight excluding hydrogens is 556 g/mol. The Kier molecular flexibility index (Phi) is 8.06. The predicted octanol–water partition coefficient (Wildman–Crippen LogP) is 5.42. The molecule has 1 fully saturated rings. The summed E-state index contributed by atoms with van der Waals surface area (Å²) in [7, 11) is 3.11. The standard InChI is InChI=1S/C32H31F2N5O4/c1-41-21-8-7-20(28(15-21)42-2)18-39-19-27-31(32(39)40)26(16-25(36-27)30-23(33)5-3-6-24(30)34)37-29-10-9-22(17-35-29)43-14-13-38-11-4-12-38/h3,5-10,15-17H,4,11-14,18-19H2,1-2H3,(H,35,36,37). The number of hydrogen-bond acceptors (Lipinski definition) is 8. The zero-order valence-electron chi connectivity index (χ0n) is 23.9. The lowest BCUT2D eigenvalue weighted by Gasteiger charge is -2.30. The highest BCUT2D eigenvalue weighted by molar-refractivity contribution is 6.04. The Morgan fingerprint density at radius 1 is 0.953 bits per heavy atom. The van der Waals surface area contributed by atoms with Gasteiger partial charge in [-0.2, -0.15) is 0 Å². The van der Waals surface area contributed by atoms with E-state index in [9.17, 15) is 13.6 Å². The lowest BCUT2D eigenvalue weighted by atomic mass is 10.1. The van der Waals surface area contributed by atoms with E-state index in [0.717, 1.165) is 25.2 Å². The largest absolute Gasteiger partial charge is 0.497 e. The molecule has 222 valence electrons. The molecule has 4 heterocycles. The summed E-state index contributed by atoms with van der Waals surface area (Å²) >= 11 is 0. The summed E-state index contributed by atoms with van der Waals surface area (Å²) in [5.41, 5.74) is 1.62. The first kappa shape index (κ1) is 28.4. The second-order valence-electron chi connectivity index (χ2n) is 10.4. The van der Waals surface area contributed by atoms with Crippen LogP contribution in [0.1, 0.15) is 28.0 Å². The van der Waals surface area contributed by atoms with Crippen molar-refractivity contribution < 1.29 is 27.8 Å². The number of nitrogens with zero attached hydrogens (tertiary/aromatic N) is 4. The van der Waals surface area contributed by atoms with Crippen LogP contribution < -0.4 is 19.5 Å². The quantitative estimate of drug-likeness (QED) is 0.249. The molecule has 11 heteroatoms. The molecule has 1 amide bonds. The van der Waals surface area contributed by atoms with Gasteiger partial charge in [0.15, 0.2) is 0 Å². The molecule has 2 aliphatic rings. The van der Waals surface area contributed by atoms with Crippen LogP contribution in [0.4, 0.5) is 20.3 Å². The maximum atomic E-state index is 14.8. The van der Waals surface area contributed by atoms with E-state index in [2.05, 4.69) is 20.2 Å². The van der Waals surface area contributed by atoms with Gasteiger partial charge in [-0.1, -0.05) is 6.07 Å². The van der Waals surface area contributed by atoms with E-state index < -0.39 is 11.6 Å². The number of ether oxygens (including phenoxy) is 3. The molecule has 2 aliphatic heterocycles. The van der Waals surface area contributed by atoms with E-state index in [1.807, 2.05) is 6.07 Å². The first-order chi connectivity index (χ1) is 20.9. The minimum Gasteiger partial charge on any atom is -0.497 e. The third-order valence-electron chi connectivity index (χ3n) is 7.63. The third kappa shape index (κ3) is 5.94. The number of amides is 1. The number of likely N-dealkylation sites (tertiary alicyclic amines) is 1. The number of methoxy groups -OCH3 is 2. The maximum absolute atomic E-state index is 14.8. The number of carbonyl (C=O) groups is 1. The van der Waals surface area contributed by atoms with Crippen molar-refractivity contribution in [3.63, 3.8) is 0 Å². The fourth-order valence-electron chi connectivity index (χ4n) is 5.22. The van der Waals surface area contributed by atoms with Gasteiger partial charge in [-0.25, -0.2) is 18.7 Å². The van der Waals surface area contributed by atoms with Crippen molar-refractivity contribution in [3.05, 3.63) is 89.2 Å². The van der Waals surface area contributed by atoms with Crippen molar-refractivity contribution in [2.75, 3.05) is 45.8 Å². The minimum atomic E-state index is -0.750. The van der Waals surface area contributed by atoms with Crippen molar-refractivity contribution >= 4 is 17.4 Å². The van der Waals surface area contributed by atoms with Crippen molar-refractivity contribution in [2.24, 2.45) is 0 Å². The number of carbonyl (C=O) groups excluding carboxylic acids is 1. The van der Waals surface area contributed by atoms with Crippen LogP contribution >= 0.6 is 0 Å². The molecule has 43 heavy (non-hydrogen) atoms. The molecule has 0 radical (unpaired) electrons. The van der Waals surface area contributed by atoms with Gasteiger partial charge >= 0.3 is 0 Å². The number of fused-ring (bicyclic) bond motifs is 1. The van der Waals surface area contributed by atoms with Crippen molar-refractivity contribution in [1.29, 1.82) is 0 Å². The topological polar surface area (TPSA) is 89.1 Å². The highest BCUT2D eigenvalue weighted by Crippen LogP contribution is 2.37. The molecule has 4 aromatic rings. The van der Waals surface area contributed by atoms with Gasteiger partial charge in [0.05, 0.1) is 61.7 Å². The van der Waals surface area contributed by atoms with E-state index in [1.165, 1.54) is 30.7 Å². The number of halogens is 2. The van der Waals surface area contributed by atoms with E-state index in [1.54, 1.807) is 49.6 Å². The number of rotatable bonds is 11. The molecule has 9 nitrogen and oxygen atoms in total. The number of aromatic nitrogens is 2. The van der Waals surface area contributed by atoms with Crippen molar-refractivity contribution in [1.82, 2.24) is 19.8 Å². The van der Waals surface area contributed by atoms with Crippen LogP contribution in [-0.4, -0.2) is 66.1 Å². The van der Waals surface area contributed by atoms with Gasteiger partial charge in [-0.3, -0.25) is 9.69 Å². The molecule has 0 bridgehead atoms. The van der Waals surface area contributed by atoms with E-state index in [4.69, 9.17) is 14.2 Å². The van der Waals surface area contributed by atoms with Crippen molar-refractivity contribution in [3.8, 4) is 28.5 Å². The van der Waals surface area contributed by atoms with E-state index in [0.29, 0.717) is 46.6 Å². The molecule has 0 saturated carbocycles. The molecule has 0 aliphatic carbocycles. The Labute approximate surface area is 248 Å². The Morgan fingerprint density at radius 2 is 1.74 bits per heavy atom. The summed E-state index contributed by atoms with van der Waals surface area (Å²) in [5, 5.41) is 3.18. The second-order valence-corrected chi connectivity index (χ2v) is 10.4. The van der Waals surface area contributed by atoms with Gasteiger partial charge in [-0.05, 0) is 62.0 Å². The smallest absolute Gasteiger partial charge is 0.258 e. The molecule has 1 N–H and O–H groups in total. The molecule has 0 atom stereocenters. The molecule has 1 saturated heterocycles. The van der Waals surface area contributed by atoms with Gasteiger partial charge in [0.25, 0.3) is 5.91 Å². The molecule has 0 spiro atoms. The zero-order chi connectivity index (χ0) is 29.9. The highest BCUT2D eigenvalue weighted by Gasteiger charge is 2.33. The number of pyridine rings is 2. The number of nitrogens with one attached hydrogen (secondary N) is 1. The van der Waals surface area contributed by atoms with Crippen LogP contribution in [0.25, 0.3) is 11.3 Å². The van der Waals surface area contributed by atoms with Crippen LogP contribution in [0.2, 0.25) is 0 Å². The minimum absolute atomic E-state index is 0.0690. The van der Waals surface area contributed by atoms with Gasteiger partial charge < -0.3 is 24.4 Å². The fraction of sp³-hybridized carbons (Fsp3) is 0.281. The average Bonchev–Trinajstić information content (AvgIpc) is 3.30. The average molecular weight is 588 g/mol. The summed E-state index contributed by atoms with van der Waals surface area (Å²) in [5.74, 6) is 0.471. The molecule has 0 unspecified atom stereocenters. The monoisotopic (exact) mass is 587 g/mol. The highest BCUT2D eigenvalue weighted by atomic mass is 19.1. The summed E-state index contributed by atoms with van der Waals surface area (Å²) in [6, 6.07) is 14.0. The van der Waals surface area contributed by atoms with Crippen LogP contribution in [0.15, 0.2) is 60.8 Å². The van der Waals surface area contributed by atoms with Gasteiger partial charge in [0.2, 0.25) is 0 Å². The first-order valence-corrected chi connectivity index (χ1v) is 14.0. The SMILES string of the molecule is COc1ccc(CN2Cc3nc(-c4c(F)cccc4F)cc(Nc4ccc(OCCN5CCC5)cn4)c3C2=O)c(OC)c1. The van der Waals surface area contributed by atoms with Gasteiger partial charge in [0.1, 0.15) is 41.3 Å². The maximum Gasteiger partial charge on any atom is 0.258 e. The van der Waals surface area contributed by atoms with Crippen LogP contribution in [0.3, 0.4) is 0 Å². The lowest BCUT2D eigenvalue weighted by molar-refractivity contribution is 0.0766. The number of benzene rings is 2. The normalized spacial score (nSPS) is 14.3. The Balaban J connectivity index is 1.29. The molecule has 2 aromatic heterocycles. The third-order valence-corrected chi connectivity index (χ3v) is 7.63. The summed E-state index contributed by atoms with van der Waals surface area (Å²) < 4.78 is 46.3. The zero-order valence-corrected chi connectivity index (χ0v) is 23.9. The van der Waals surface area contributed by atoms with Crippen LogP contribution in [0.5, 0.6) is 17.2 Å². The number of hydrogen-bond donors (Lipinski definition) is 1. The lowest BCUT2D eigenvalue weighted by Crippen LogP contribution is -2.39. The number of anilines is 2. The van der Waals surface area contributed by atoms with Crippen molar-refractivity contribution in [2.45, 2.75) is 19.5 Å². The molecular formula is C32H31F2N5O4. The molecule has 6 rings (SSSR count). The Hall–Kier alpha value is -4.77. The Morgan fingerprint density at radius 3 is 2.42 bits per heavy atom. The first-order valence-electron chi connectivity index (χ1n) is 14.0. The van der Waals surface area contributed by atoms with Crippen LogP contribution in [0, 0.1) is 11.6 Å². The summed E-state index contributed by atoms with van der Waals surface area (Å²) in [4.78, 5) is 26.7. The second kappa shape index (κ2) is 12.2. The van der Waals surface area contributed by atoms with Gasteiger partial charge in [0, 0.05) is 18.2 Å². The predicted molar refractivity (Wildman–Crippen MR) is 157 cm³/mol. The summed E-state index contributed by atoms with van der Waals surface area (Å²) in [6.45, 7) is 3.99. The summed E-state index contributed by atoms with van der Waals surface area (Å²) in [6.07, 6.45) is 2.82. The van der Waals surface area contributed by atoms with Crippen LogP contribution in [-0.2, 0) is 13.1 Å². The van der Waals surface area contributed by atoms with Gasteiger partial charge in [-0.15, -0.1) is 0 Å². The van der Waals surface area contributed by atoms with E-state index in [-0.39, 0.29) is 30.3 Å². The Bertz CT molecular complexity index is 1630.